The van der Waals surface area contributed by atoms with E-state index in [0.717, 1.165) is 11.1 Å². The molecule has 0 aliphatic carbocycles. The van der Waals surface area contributed by atoms with Crippen molar-refractivity contribution >= 4 is 24.4 Å². The number of aromatic nitrogens is 4. The second-order valence-electron chi connectivity index (χ2n) is 5.15. The minimum atomic E-state index is -0.421. The number of H-pyrrole nitrogens is 1. The van der Waals surface area contributed by atoms with Crippen molar-refractivity contribution in [3.63, 3.8) is 0 Å². The first-order valence-corrected chi connectivity index (χ1v) is 7.98. The summed E-state index contributed by atoms with van der Waals surface area (Å²) in [5.41, 5.74) is 1.51. The zero-order valence-corrected chi connectivity index (χ0v) is 14.9. The van der Waals surface area contributed by atoms with Gasteiger partial charge in [0.15, 0.2) is 17.3 Å². The Hall–Kier alpha value is -3.33. The van der Waals surface area contributed by atoms with E-state index in [-0.39, 0.29) is 0 Å². The van der Waals surface area contributed by atoms with Crippen molar-refractivity contribution in [2.75, 3.05) is 7.11 Å². The first-order valence-electron chi connectivity index (χ1n) is 7.57. The lowest BCUT2D eigenvalue weighted by molar-refractivity contribution is -0.132. The molecule has 26 heavy (non-hydrogen) atoms. The average Bonchev–Trinajstić information content (AvgIpc) is 3.01. The number of carbonyl (C=O) groups is 1. The lowest BCUT2D eigenvalue weighted by Crippen LogP contribution is -2.03. The van der Waals surface area contributed by atoms with E-state index in [9.17, 15) is 4.79 Å². The maximum atomic E-state index is 11.1. The van der Waals surface area contributed by atoms with Crippen LogP contribution < -0.4 is 9.47 Å². The molecule has 132 valence electrons. The van der Waals surface area contributed by atoms with E-state index in [4.69, 9.17) is 21.7 Å². The summed E-state index contributed by atoms with van der Waals surface area (Å²) in [6.07, 6.45) is 4.95. The van der Waals surface area contributed by atoms with Crippen LogP contribution in [0.5, 0.6) is 11.5 Å². The minimum Gasteiger partial charge on any atom is -0.493 e. The van der Waals surface area contributed by atoms with E-state index in [1.54, 1.807) is 42.9 Å². The van der Waals surface area contributed by atoms with Crippen LogP contribution in [0.15, 0.2) is 47.8 Å². The summed E-state index contributed by atoms with van der Waals surface area (Å²) in [6, 6.07) is 8.76. The molecule has 0 aliphatic heterocycles. The van der Waals surface area contributed by atoms with Crippen LogP contribution in [0, 0.1) is 4.77 Å². The Kier molecular flexibility index (Phi) is 5.18. The van der Waals surface area contributed by atoms with Gasteiger partial charge in [-0.15, -0.1) is 0 Å². The fourth-order valence-corrected chi connectivity index (χ4v) is 2.39. The highest BCUT2D eigenvalue weighted by atomic mass is 32.1. The second kappa shape index (κ2) is 7.70. The molecule has 1 N–H and O–H groups in total. The van der Waals surface area contributed by atoms with Gasteiger partial charge in [-0.3, -0.25) is 9.78 Å². The van der Waals surface area contributed by atoms with Crippen LogP contribution in [0.4, 0.5) is 0 Å². The van der Waals surface area contributed by atoms with Crippen molar-refractivity contribution in [3.05, 3.63) is 53.1 Å². The monoisotopic (exact) mass is 369 g/mol. The topological polar surface area (TPSA) is 94.4 Å². The summed E-state index contributed by atoms with van der Waals surface area (Å²) in [7, 11) is 1.50. The number of carbonyl (C=O) groups excluding carboxylic acids is 1. The summed E-state index contributed by atoms with van der Waals surface area (Å²) >= 11 is 5.23. The van der Waals surface area contributed by atoms with Crippen molar-refractivity contribution in [3.8, 4) is 22.9 Å². The molecule has 0 unspecified atom stereocenters. The minimum absolute atomic E-state index is 0.341. The number of benzene rings is 1. The van der Waals surface area contributed by atoms with E-state index in [1.807, 2.05) is 6.07 Å². The number of ether oxygens (including phenoxy) is 2. The number of aromatic amines is 1. The molecule has 2 heterocycles. The summed E-state index contributed by atoms with van der Waals surface area (Å²) in [5.74, 6) is 0.888. The largest absolute Gasteiger partial charge is 0.493 e. The molecule has 3 rings (SSSR count). The maximum Gasteiger partial charge on any atom is 0.308 e. The van der Waals surface area contributed by atoms with E-state index >= 15 is 0 Å². The Labute approximate surface area is 154 Å². The summed E-state index contributed by atoms with van der Waals surface area (Å²) in [5, 5.41) is 11.3. The Morgan fingerprint density at radius 2 is 2.19 bits per heavy atom. The number of rotatable bonds is 5. The van der Waals surface area contributed by atoms with Gasteiger partial charge in [0.2, 0.25) is 4.77 Å². The lowest BCUT2D eigenvalue weighted by atomic mass is 10.2. The van der Waals surface area contributed by atoms with Gasteiger partial charge in [0, 0.05) is 24.9 Å². The van der Waals surface area contributed by atoms with E-state index in [0.29, 0.717) is 22.1 Å². The first-order chi connectivity index (χ1) is 12.6. The van der Waals surface area contributed by atoms with Crippen LogP contribution in [0.3, 0.4) is 0 Å². The van der Waals surface area contributed by atoms with Crippen LogP contribution in [0.1, 0.15) is 12.5 Å². The molecule has 0 radical (unpaired) electrons. The predicted molar refractivity (Wildman–Crippen MR) is 97.9 cm³/mol. The van der Waals surface area contributed by atoms with Crippen LogP contribution in [-0.4, -0.2) is 39.2 Å². The van der Waals surface area contributed by atoms with Crippen molar-refractivity contribution in [2.45, 2.75) is 6.92 Å². The second-order valence-corrected chi connectivity index (χ2v) is 5.54. The molecule has 0 saturated carbocycles. The van der Waals surface area contributed by atoms with Gasteiger partial charge in [-0.25, -0.2) is 5.10 Å². The van der Waals surface area contributed by atoms with Crippen molar-refractivity contribution in [1.82, 2.24) is 19.9 Å². The molecule has 0 amide bonds. The van der Waals surface area contributed by atoms with Gasteiger partial charge < -0.3 is 9.47 Å². The van der Waals surface area contributed by atoms with Crippen molar-refractivity contribution in [1.29, 1.82) is 0 Å². The molecule has 0 fully saturated rings. The molecule has 0 atom stereocenters. The highest BCUT2D eigenvalue weighted by Crippen LogP contribution is 2.27. The smallest absolute Gasteiger partial charge is 0.308 e. The van der Waals surface area contributed by atoms with E-state index in [1.165, 1.54) is 18.7 Å². The van der Waals surface area contributed by atoms with Gasteiger partial charge in [0.25, 0.3) is 0 Å². The molecular formula is C17H15N5O3S. The van der Waals surface area contributed by atoms with Gasteiger partial charge >= 0.3 is 5.97 Å². The zero-order chi connectivity index (χ0) is 18.5. The Morgan fingerprint density at radius 3 is 2.88 bits per heavy atom. The maximum absolute atomic E-state index is 11.1. The third-order valence-corrected chi connectivity index (χ3v) is 3.60. The molecule has 8 nitrogen and oxygen atoms in total. The molecule has 9 heteroatoms. The number of pyridine rings is 1. The number of hydrogen-bond acceptors (Lipinski definition) is 7. The van der Waals surface area contributed by atoms with Gasteiger partial charge in [-0.1, -0.05) is 0 Å². The fourth-order valence-electron chi connectivity index (χ4n) is 2.21. The van der Waals surface area contributed by atoms with Crippen molar-refractivity contribution in [2.24, 2.45) is 5.10 Å². The molecule has 1 aromatic carbocycles. The SMILES string of the molecule is COc1cc(C=Nn2c(-c3cccnc3)n[nH]c2=S)ccc1OC(C)=O. The predicted octanol–water partition coefficient (Wildman–Crippen LogP) is 2.82. The Balaban J connectivity index is 1.93. The normalized spacial score (nSPS) is 10.8. The molecule has 0 spiro atoms. The average molecular weight is 369 g/mol. The molecule has 0 aliphatic rings. The third-order valence-electron chi connectivity index (χ3n) is 3.33. The highest BCUT2D eigenvalue weighted by molar-refractivity contribution is 7.71. The lowest BCUT2D eigenvalue weighted by Gasteiger charge is -2.08. The molecule has 2 aromatic heterocycles. The van der Waals surface area contributed by atoms with Crippen LogP contribution in [0.25, 0.3) is 11.4 Å². The molecular weight excluding hydrogens is 354 g/mol. The Morgan fingerprint density at radius 1 is 1.35 bits per heavy atom. The number of hydrogen-bond donors (Lipinski definition) is 1. The van der Waals surface area contributed by atoms with Gasteiger partial charge in [-0.2, -0.15) is 14.9 Å². The van der Waals surface area contributed by atoms with Gasteiger partial charge in [0.05, 0.1) is 13.3 Å². The number of nitrogens with one attached hydrogen (secondary N) is 1. The van der Waals surface area contributed by atoms with Crippen molar-refractivity contribution < 1.29 is 14.3 Å². The summed E-state index contributed by atoms with van der Waals surface area (Å²) in [4.78, 5) is 15.2. The van der Waals surface area contributed by atoms with Gasteiger partial charge in [0.1, 0.15) is 0 Å². The summed E-state index contributed by atoms with van der Waals surface area (Å²) in [6.45, 7) is 1.33. The van der Waals surface area contributed by atoms with Crippen LogP contribution >= 0.6 is 12.2 Å². The quantitative estimate of drug-likeness (QED) is 0.322. The van der Waals surface area contributed by atoms with Gasteiger partial charge in [-0.05, 0) is 48.1 Å². The standard InChI is InChI=1S/C17H15N5O3S/c1-11(23)25-14-6-5-12(8-15(14)24-2)9-19-22-16(20-21-17(22)26)13-4-3-7-18-10-13/h3-10H,1-2H3,(H,21,26). The summed E-state index contributed by atoms with van der Waals surface area (Å²) < 4.78 is 12.2. The Bertz CT molecular complexity index is 1010. The molecule has 0 bridgehead atoms. The molecule has 3 aromatic rings. The number of methoxy groups -OCH3 is 1. The highest BCUT2D eigenvalue weighted by Gasteiger charge is 2.09. The van der Waals surface area contributed by atoms with E-state index < -0.39 is 5.97 Å². The van der Waals surface area contributed by atoms with Crippen LogP contribution in [0.2, 0.25) is 0 Å². The zero-order valence-electron chi connectivity index (χ0n) is 14.0. The third kappa shape index (κ3) is 3.83. The van der Waals surface area contributed by atoms with Crippen LogP contribution in [-0.2, 0) is 4.79 Å². The first kappa shape index (κ1) is 17.5. The van der Waals surface area contributed by atoms with E-state index in [2.05, 4.69) is 20.3 Å². The number of esters is 1. The fraction of sp³-hybridized carbons (Fsp3) is 0.118. The molecule has 0 saturated heterocycles. The number of nitrogens with zero attached hydrogens (tertiary/aromatic N) is 4.